The molecule has 0 aliphatic carbocycles. The zero-order chi connectivity index (χ0) is 32.2. The standard InChI is InChI=1S/C21H24N10O11P2S2/c22-14-8-15(25-4-24-14)30(5-26-8)18-10(32)11-7(39-18)1-37-43(34,45)42-13-12-19(31-6-27-9-16(31)28-20(23)29-17(9)33)40-21(13,2-36-12)3-38-44(35,46)41-11/h4-7,10-13,18-19,32H,1-3H2,(H,34,45)(H,35,46)(H2,22,24,25)(H3,23,28,29,33)/t7-,10-,11-,12-,13+,18-,19-,21-,43-,44-/m1/s1. The third-order valence-electron chi connectivity index (χ3n) is 8.04. The van der Waals surface area contributed by atoms with Crippen LogP contribution in [-0.4, -0.2) is 100 Å². The van der Waals surface area contributed by atoms with E-state index in [1.54, 1.807) is 0 Å². The first-order valence-corrected chi connectivity index (χ1v) is 18.8. The van der Waals surface area contributed by atoms with E-state index in [4.69, 9.17) is 43.8 Å². The topological polar surface area (TPSA) is 278 Å². The molecular formula is C21H24N10O11P2S2. The quantitative estimate of drug-likeness (QED) is 0.117. The smallest absolute Gasteiger partial charge is 0.386 e. The van der Waals surface area contributed by atoms with Gasteiger partial charge in [-0.15, -0.1) is 0 Å². The number of aliphatic hydroxyl groups excluding tert-OH is 1. The Kier molecular flexibility index (Phi) is 7.11. The Morgan fingerprint density at radius 2 is 1.70 bits per heavy atom. The first-order chi connectivity index (χ1) is 21.8. The van der Waals surface area contributed by atoms with Gasteiger partial charge in [0.2, 0.25) is 5.95 Å². The molecule has 0 aromatic carbocycles. The number of nitrogens with two attached hydrogens (primary N) is 2. The van der Waals surface area contributed by atoms with Gasteiger partial charge in [0.25, 0.3) is 5.56 Å². The number of ether oxygens (including phenoxy) is 3. The van der Waals surface area contributed by atoms with Gasteiger partial charge >= 0.3 is 13.6 Å². The van der Waals surface area contributed by atoms with Crippen molar-refractivity contribution < 1.29 is 46.5 Å². The molecule has 4 aliphatic rings. The number of aliphatic hydroxyl groups is 1. The second-order valence-electron chi connectivity index (χ2n) is 10.9. The number of nitrogens with one attached hydrogen (secondary N) is 1. The zero-order valence-corrected chi connectivity index (χ0v) is 26.6. The van der Waals surface area contributed by atoms with Gasteiger partial charge in [0.05, 0.1) is 32.5 Å². The molecule has 4 saturated heterocycles. The monoisotopic (exact) mass is 718 g/mol. The van der Waals surface area contributed by atoms with E-state index in [0.717, 1.165) is 0 Å². The van der Waals surface area contributed by atoms with E-state index < -0.39 is 80.9 Å². The molecule has 246 valence electrons. The molecular weight excluding hydrogens is 694 g/mol. The molecule has 6 N–H and O–H groups in total. The number of imidazole rings is 2. The Bertz CT molecular complexity index is 2030. The number of H-pyrrole nitrogens is 1. The third-order valence-corrected chi connectivity index (χ3v) is 11.2. The molecule has 4 aliphatic heterocycles. The second kappa shape index (κ2) is 10.7. The summed E-state index contributed by atoms with van der Waals surface area (Å²) >= 11 is 8.33. The molecule has 21 nitrogen and oxygen atoms in total. The van der Waals surface area contributed by atoms with Crippen molar-refractivity contribution in [1.29, 1.82) is 0 Å². The summed E-state index contributed by atoms with van der Waals surface area (Å²) in [5, 5.41) is 11.3. The van der Waals surface area contributed by atoms with Gasteiger partial charge in [0.15, 0.2) is 35.1 Å². The van der Waals surface area contributed by atoms with Crippen molar-refractivity contribution >= 4 is 72.2 Å². The molecule has 25 heteroatoms. The number of hydrogen-bond acceptors (Lipinski definition) is 18. The van der Waals surface area contributed by atoms with Crippen LogP contribution in [0.4, 0.5) is 11.8 Å². The second-order valence-corrected chi connectivity index (χ2v) is 16.6. The van der Waals surface area contributed by atoms with Gasteiger partial charge in [-0.05, 0) is 0 Å². The number of anilines is 2. The van der Waals surface area contributed by atoms with Crippen LogP contribution < -0.4 is 17.0 Å². The fourth-order valence-electron chi connectivity index (χ4n) is 5.99. The van der Waals surface area contributed by atoms with Crippen LogP contribution in [-0.2, 0) is 41.4 Å². The summed E-state index contributed by atoms with van der Waals surface area (Å²) in [6.45, 7) is -9.73. The number of nitrogen functional groups attached to an aromatic ring is 2. The summed E-state index contributed by atoms with van der Waals surface area (Å²) in [6, 6.07) is 0. The van der Waals surface area contributed by atoms with Gasteiger partial charge in [-0.3, -0.25) is 37.0 Å². The minimum Gasteiger partial charge on any atom is -0.386 e. The van der Waals surface area contributed by atoms with Crippen LogP contribution in [0.15, 0.2) is 23.8 Å². The molecule has 4 aromatic rings. The Balaban J connectivity index is 1.11. The van der Waals surface area contributed by atoms with E-state index in [9.17, 15) is 19.0 Å². The predicted molar refractivity (Wildman–Crippen MR) is 160 cm³/mol. The van der Waals surface area contributed by atoms with Crippen LogP contribution in [0, 0.1) is 0 Å². The van der Waals surface area contributed by atoms with E-state index in [1.165, 1.54) is 28.1 Å². The molecule has 8 rings (SSSR count). The zero-order valence-electron chi connectivity index (χ0n) is 23.0. The minimum absolute atomic E-state index is 0.0197. The molecule has 8 heterocycles. The number of hydrogen-bond donors (Lipinski definition) is 6. The van der Waals surface area contributed by atoms with E-state index in [2.05, 4.69) is 54.4 Å². The lowest BCUT2D eigenvalue weighted by atomic mass is 10.0. The van der Waals surface area contributed by atoms with Gasteiger partial charge in [0.1, 0.15) is 48.0 Å². The van der Waals surface area contributed by atoms with Crippen molar-refractivity contribution in [3.8, 4) is 0 Å². The van der Waals surface area contributed by atoms with Crippen LogP contribution in [0.5, 0.6) is 0 Å². The molecule has 46 heavy (non-hydrogen) atoms. The van der Waals surface area contributed by atoms with E-state index in [0.29, 0.717) is 0 Å². The van der Waals surface area contributed by atoms with E-state index in [1.807, 2.05) is 0 Å². The van der Waals surface area contributed by atoms with Crippen molar-refractivity contribution in [2.24, 2.45) is 0 Å². The largest absolute Gasteiger partial charge is 0.386 e. The Morgan fingerprint density at radius 1 is 0.957 bits per heavy atom. The Morgan fingerprint density at radius 3 is 2.50 bits per heavy atom. The minimum atomic E-state index is -4.30. The number of aromatic amines is 1. The van der Waals surface area contributed by atoms with Crippen LogP contribution in [0.3, 0.4) is 0 Å². The first-order valence-electron chi connectivity index (χ1n) is 13.4. The van der Waals surface area contributed by atoms with Gasteiger partial charge in [-0.1, -0.05) is 24.5 Å². The van der Waals surface area contributed by atoms with Crippen molar-refractivity contribution in [3.05, 3.63) is 29.3 Å². The maximum absolute atomic E-state index is 13.6. The summed E-state index contributed by atoms with van der Waals surface area (Å²) in [7, 11) is 0. The molecule has 0 unspecified atom stereocenters. The van der Waals surface area contributed by atoms with Crippen LogP contribution >= 0.6 is 38.1 Å². The summed E-state index contributed by atoms with van der Waals surface area (Å²) in [5.74, 6) is -0.0588. The normalized spacial score (nSPS) is 39.7. The van der Waals surface area contributed by atoms with Gasteiger partial charge in [-0.25, -0.2) is 29.1 Å². The van der Waals surface area contributed by atoms with E-state index >= 15 is 0 Å². The van der Waals surface area contributed by atoms with Crippen LogP contribution in [0.1, 0.15) is 12.5 Å². The third kappa shape index (κ3) is 4.89. The Labute approximate surface area is 266 Å². The lowest BCUT2D eigenvalue weighted by Gasteiger charge is -2.33. The highest BCUT2D eigenvalue weighted by Gasteiger charge is 2.66. The summed E-state index contributed by atoms with van der Waals surface area (Å²) in [6.07, 6.45) is -4.64. The van der Waals surface area contributed by atoms with Gasteiger partial charge in [0, 0.05) is 0 Å². The maximum atomic E-state index is 13.6. The molecule has 0 spiro atoms. The average Bonchev–Trinajstić information content (AvgIpc) is 3.80. The van der Waals surface area contributed by atoms with Crippen molar-refractivity contribution in [2.75, 3.05) is 31.3 Å². The van der Waals surface area contributed by atoms with Gasteiger partial charge < -0.3 is 30.8 Å². The fraction of sp³-hybridized carbons (Fsp3) is 0.524. The molecule has 4 aromatic heterocycles. The molecule has 10 atom stereocenters. The summed E-state index contributed by atoms with van der Waals surface area (Å²) in [5.41, 5.74) is 10.1. The fourth-order valence-corrected chi connectivity index (χ4v) is 9.00. The highest BCUT2D eigenvalue weighted by molar-refractivity contribution is 8.44. The van der Waals surface area contributed by atoms with Crippen LogP contribution in [0.25, 0.3) is 22.3 Å². The molecule has 4 fully saturated rings. The lowest BCUT2D eigenvalue weighted by Crippen LogP contribution is -2.46. The average molecular weight is 719 g/mol. The number of nitrogens with zero attached hydrogens (tertiary/aromatic N) is 7. The lowest BCUT2D eigenvalue weighted by molar-refractivity contribution is -0.183. The predicted octanol–water partition coefficient (Wildman–Crippen LogP) is -0.0584. The highest BCUT2D eigenvalue weighted by Crippen LogP contribution is 2.63. The van der Waals surface area contributed by atoms with Crippen molar-refractivity contribution in [3.63, 3.8) is 0 Å². The summed E-state index contributed by atoms with van der Waals surface area (Å²) < 4.78 is 71.3. The van der Waals surface area contributed by atoms with Gasteiger partial charge in [-0.2, -0.15) is 4.98 Å². The highest BCUT2D eigenvalue weighted by atomic mass is 32.7. The number of rotatable bonds is 2. The first kappa shape index (κ1) is 30.7. The molecule has 0 radical (unpaired) electrons. The van der Waals surface area contributed by atoms with Crippen molar-refractivity contribution in [1.82, 2.24) is 39.0 Å². The number of thiol groups is 2. The Hall–Kier alpha value is -2.66. The number of aromatic nitrogens is 8. The van der Waals surface area contributed by atoms with Crippen molar-refractivity contribution in [2.45, 2.75) is 48.6 Å². The SMILES string of the molecule is Nc1nc2c(ncn2[C@@H]2O[C@@]34CO[C@@H]2[C@@H]3O[P@](=O)(S)OC[C@H]2O[C@@H](n3cnc5c(N)ncnc53)[C@H](O)[C@@H]2O[P@](=O)(S)OC4)c(=O)[nH]1. The molecule has 0 saturated carbocycles. The summed E-state index contributed by atoms with van der Waals surface area (Å²) in [4.78, 5) is 35.2. The van der Waals surface area contributed by atoms with Crippen LogP contribution in [0.2, 0.25) is 0 Å². The molecule has 2 bridgehead atoms. The molecule has 0 amide bonds. The van der Waals surface area contributed by atoms with E-state index in [-0.39, 0.29) is 40.7 Å². The maximum Gasteiger partial charge on any atom is 0.386 e. The number of fused-ring (bicyclic) bond motifs is 3.